The minimum absolute atomic E-state index is 0.0680. The first-order valence-corrected chi connectivity index (χ1v) is 7.43. The molecule has 0 saturated carbocycles. The number of amides is 1. The zero-order valence-electron chi connectivity index (χ0n) is 12.6. The third-order valence-corrected chi connectivity index (χ3v) is 3.46. The molecule has 0 fully saturated rings. The summed E-state index contributed by atoms with van der Waals surface area (Å²) in [5, 5.41) is 6.28. The third-order valence-electron chi connectivity index (χ3n) is 3.46. The first kappa shape index (κ1) is 15.3. The van der Waals surface area contributed by atoms with Crippen molar-refractivity contribution in [2.24, 2.45) is 0 Å². The number of nitrogens with one attached hydrogen (secondary N) is 2. The van der Waals surface area contributed by atoms with Crippen LogP contribution in [0.4, 0.5) is 5.69 Å². The molecule has 0 unspecified atom stereocenters. The zero-order valence-corrected chi connectivity index (χ0v) is 12.6. The minimum atomic E-state index is -0.0680. The Labute approximate surface area is 126 Å². The molecule has 0 aromatic heterocycles. The lowest BCUT2D eigenvalue weighted by molar-refractivity contribution is 0.102. The highest BCUT2D eigenvalue weighted by atomic mass is 16.1. The molecule has 2 aromatic carbocycles. The lowest BCUT2D eigenvalue weighted by Crippen LogP contribution is -2.17. The van der Waals surface area contributed by atoms with Crippen LogP contribution < -0.4 is 10.6 Å². The quantitative estimate of drug-likeness (QED) is 0.849. The van der Waals surface area contributed by atoms with E-state index in [1.807, 2.05) is 48.5 Å². The number of hydrogen-bond acceptors (Lipinski definition) is 2. The summed E-state index contributed by atoms with van der Waals surface area (Å²) in [7, 11) is 0. The van der Waals surface area contributed by atoms with Gasteiger partial charge in [-0.3, -0.25) is 4.79 Å². The fourth-order valence-electron chi connectivity index (χ4n) is 2.14. The van der Waals surface area contributed by atoms with E-state index < -0.39 is 0 Å². The molecule has 0 atom stereocenters. The van der Waals surface area contributed by atoms with Gasteiger partial charge in [0.1, 0.15) is 0 Å². The molecule has 1 amide bonds. The van der Waals surface area contributed by atoms with Gasteiger partial charge in [-0.1, -0.05) is 44.2 Å². The van der Waals surface area contributed by atoms with Crippen molar-refractivity contribution in [3.05, 3.63) is 65.2 Å². The fourth-order valence-corrected chi connectivity index (χ4v) is 2.14. The Morgan fingerprint density at radius 1 is 1.00 bits per heavy atom. The van der Waals surface area contributed by atoms with Gasteiger partial charge < -0.3 is 10.6 Å². The minimum Gasteiger partial charge on any atom is -0.322 e. The second kappa shape index (κ2) is 7.60. The van der Waals surface area contributed by atoms with Gasteiger partial charge in [0, 0.05) is 17.8 Å². The Morgan fingerprint density at radius 2 is 1.71 bits per heavy atom. The Morgan fingerprint density at radius 3 is 2.38 bits per heavy atom. The number of carbonyl (C=O) groups is 1. The number of aryl methyl sites for hydroxylation is 1. The van der Waals surface area contributed by atoms with E-state index in [1.165, 1.54) is 5.56 Å². The van der Waals surface area contributed by atoms with Gasteiger partial charge in [0.15, 0.2) is 0 Å². The second-order valence-electron chi connectivity index (χ2n) is 4.94. The van der Waals surface area contributed by atoms with Crippen molar-refractivity contribution in [3.63, 3.8) is 0 Å². The molecule has 0 aliphatic heterocycles. The van der Waals surface area contributed by atoms with Crippen molar-refractivity contribution in [2.75, 3.05) is 11.9 Å². The molecule has 0 aliphatic rings. The van der Waals surface area contributed by atoms with Crippen molar-refractivity contribution in [3.8, 4) is 0 Å². The van der Waals surface area contributed by atoms with Crippen molar-refractivity contribution >= 4 is 11.6 Å². The summed E-state index contributed by atoms with van der Waals surface area (Å²) in [4.78, 5) is 12.3. The second-order valence-corrected chi connectivity index (χ2v) is 4.94. The SMILES string of the molecule is CCNCc1ccccc1NC(=O)c1ccc(CC)cc1. The summed E-state index contributed by atoms with van der Waals surface area (Å²) in [6, 6.07) is 15.6. The number of hydrogen-bond donors (Lipinski definition) is 2. The van der Waals surface area contributed by atoms with Crippen LogP contribution in [0.5, 0.6) is 0 Å². The van der Waals surface area contributed by atoms with Crippen LogP contribution in [0.15, 0.2) is 48.5 Å². The summed E-state index contributed by atoms with van der Waals surface area (Å²) >= 11 is 0. The Balaban J connectivity index is 2.11. The molecule has 0 saturated heterocycles. The van der Waals surface area contributed by atoms with E-state index in [0.717, 1.165) is 30.8 Å². The molecule has 2 N–H and O–H groups in total. The van der Waals surface area contributed by atoms with E-state index in [9.17, 15) is 4.79 Å². The van der Waals surface area contributed by atoms with Gasteiger partial charge in [0.05, 0.1) is 0 Å². The normalized spacial score (nSPS) is 10.4. The van der Waals surface area contributed by atoms with Gasteiger partial charge >= 0.3 is 0 Å². The molecular formula is C18H22N2O. The first-order chi connectivity index (χ1) is 10.2. The molecule has 0 spiro atoms. The predicted octanol–water partition coefficient (Wildman–Crippen LogP) is 3.61. The molecule has 0 radical (unpaired) electrons. The first-order valence-electron chi connectivity index (χ1n) is 7.43. The van der Waals surface area contributed by atoms with Crippen LogP contribution in [-0.2, 0) is 13.0 Å². The summed E-state index contributed by atoms with van der Waals surface area (Å²) < 4.78 is 0. The van der Waals surface area contributed by atoms with Crippen LogP contribution in [0.3, 0.4) is 0 Å². The van der Waals surface area contributed by atoms with Gasteiger partial charge in [0.2, 0.25) is 0 Å². The maximum atomic E-state index is 12.3. The number of para-hydroxylation sites is 1. The van der Waals surface area contributed by atoms with E-state index in [4.69, 9.17) is 0 Å². The van der Waals surface area contributed by atoms with Crippen molar-refractivity contribution in [1.82, 2.24) is 5.32 Å². The molecule has 21 heavy (non-hydrogen) atoms. The van der Waals surface area contributed by atoms with Crippen LogP contribution in [0.1, 0.15) is 35.3 Å². The Kier molecular flexibility index (Phi) is 5.52. The number of carbonyl (C=O) groups excluding carboxylic acids is 1. The van der Waals surface area contributed by atoms with E-state index in [2.05, 4.69) is 24.5 Å². The van der Waals surface area contributed by atoms with E-state index in [-0.39, 0.29) is 5.91 Å². The van der Waals surface area contributed by atoms with Crippen LogP contribution in [-0.4, -0.2) is 12.5 Å². The van der Waals surface area contributed by atoms with E-state index in [0.29, 0.717) is 5.56 Å². The van der Waals surface area contributed by atoms with Crippen molar-refractivity contribution in [1.29, 1.82) is 0 Å². The molecule has 110 valence electrons. The maximum Gasteiger partial charge on any atom is 0.255 e. The molecule has 2 rings (SSSR count). The van der Waals surface area contributed by atoms with Crippen LogP contribution in [0, 0.1) is 0 Å². The fraction of sp³-hybridized carbons (Fsp3) is 0.278. The number of benzene rings is 2. The monoisotopic (exact) mass is 282 g/mol. The molecular weight excluding hydrogens is 260 g/mol. The van der Waals surface area contributed by atoms with Crippen LogP contribution in [0.25, 0.3) is 0 Å². The average molecular weight is 282 g/mol. The molecule has 3 heteroatoms. The van der Waals surface area contributed by atoms with E-state index >= 15 is 0 Å². The largest absolute Gasteiger partial charge is 0.322 e. The van der Waals surface area contributed by atoms with Crippen molar-refractivity contribution < 1.29 is 4.79 Å². The summed E-state index contributed by atoms with van der Waals surface area (Å²) in [5.41, 5.74) is 3.88. The summed E-state index contributed by atoms with van der Waals surface area (Å²) in [6.45, 7) is 5.82. The lowest BCUT2D eigenvalue weighted by Gasteiger charge is -2.11. The molecule has 3 nitrogen and oxygen atoms in total. The smallest absolute Gasteiger partial charge is 0.255 e. The van der Waals surface area contributed by atoms with Crippen LogP contribution in [0.2, 0.25) is 0 Å². The average Bonchev–Trinajstić information content (AvgIpc) is 2.54. The Hall–Kier alpha value is -2.13. The standard InChI is InChI=1S/C18H22N2O/c1-3-14-9-11-15(12-10-14)18(21)20-17-8-6-5-7-16(17)13-19-4-2/h5-12,19H,3-4,13H2,1-2H3,(H,20,21). The van der Waals surface area contributed by atoms with Gasteiger partial charge in [-0.15, -0.1) is 0 Å². The molecule has 2 aromatic rings. The zero-order chi connectivity index (χ0) is 15.1. The highest BCUT2D eigenvalue weighted by Crippen LogP contribution is 2.16. The molecule has 0 bridgehead atoms. The lowest BCUT2D eigenvalue weighted by atomic mass is 10.1. The van der Waals surface area contributed by atoms with Crippen LogP contribution >= 0.6 is 0 Å². The van der Waals surface area contributed by atoms with E-state index in [1.54, 1.807) is 0 Å². The topological polar surface area (TPSA) is 41.1 Å². The highest BCUT2D eigenvalue weighted by molar-refractivity contribution is 6.04. The van der Waals surface area contributed by atoms with Gasteiger partial charge in [-0.25, -0.2) is 0 Å². The van der Waals surface area contributed by atoms with Crippen molar-refractivity contribution in [2.45, 2.75) is 26.8 Å². The number of anilines is 1. The summed E-state index contributed by atoms with van der Waals surface area (Å²) in [6.07, 6.45) is 0.980. The maximum absolute atomic E-state index is 12.3. The Bertz CT molecular complexity index is 590. The van der Waals surface area contributed by atoms with Gasteiger partial charge in [0.25, 0.3) is 5.91 Å². The molecule has 0 heterocycles. The third kappa shape index (κ3) is 4.17. The predicted molar refractivity (Wildman–Crippen MR) is 87.6 cm³/mol. The highest BCUT2D eigenvalue weighted by Gasteiger charge is 2.08. The van der Waals surface area contributed by atoms with Gasteiger partial charge in [-0.05, 0) is 42.3 Å². The number of rotatable bonds is 6. The molecule has 0 aliphatic carbocycles. The van der Waals surface area contributed by atoms with Gasteiger partial charge in [-0.2, -0.15) is 0 Å². The summed E-state index contributed by atoms with van der Waals surface area (Å²) in [5.74, 6) is -0.0680.